The van der Waals surface area contributed by atoms with Gasteiger partial charge in [0.1, 0.15) is 0 Å². The first-order chi connectivity index (χ1) is 13.4. The van der Waals surface area contributed by atoms with Gasteiger partial charge in [-0.2, -0.15) is 0 Å². The third kappa shape index (κ3) is 4.90. The van der Waals surface area contributed by atoms with Crippen molar-refractivity contribution in [2.45, 2.75) is 32.6 Å². The molecule has 144 valence electrons. The molecule has 28 heavy (non-hydrogen) atoms. The lowest BCUT2D eigenvalue weighted by atomic mass is 9.93. The monoisotopic (exact) mass is 395 g/mol. The molecule has 0 fully saturated rings. The summed E-state index contributed by atoms with van der Waals surface area (Å²) in [6, 6.07) is 11.0. The average molecular weight is 396 g/mol. The Hall–Kier alpha value is -2.85. The predicted molar refractivity (Wildman–Crippen MR) is 114 cm³/mol. The van der Waals surface area contributed by atoms with E-state index in [2.05, 4.69) is 23.5 Å². The summed E-state index contributed by atoms with van der Waals surface area (Å²) in [5.41, 5.74) is 4.28. The van der Waals surface area contributed by atoms with Gasteiger partial charge in [-0.15, -0.1) is 0 Å². The molecule has 0 unspecified atom stereocenters. The molecule has 2 N–H and O–H groups in total. The van der Waals surface area contributed by atoms with Crippen molar-refractivity contribution < 1.29 is 14.7 Å². The predicted octanol–water partition coefficient (Wildman–Crippen LogP) is 5.96. The van der Waals surface area contributed by atoms with Crippen LogP contribution in [0.5, 0.6) is 0 Å². The lowest BCUT2D eigenvalue weighted by Crippen LogP contribution is -2.13. The molecule has 0 spiro atoms. The Morgan fingerprint density at radius 1 is 1.18 bits per heavy atom. The van der Waals surface area contributed by atoms with E-state index in [0.29, 0.717) is 10.6 Å². The van der Waals surface area contributed by atoms with Crippen molar-refractivity contribution in [2.24, 2.45) is 0 Å². The second-order valence-corrected chi connectivity index (χ2v) is 7.31. The lowest BCUT2D eigenvalue weighted by molar-refractivity contribution is -0.111. The van der Waals surface area contributed by atoms with Crippen LogP contribution < -0.4 is 5.32 Å². The highest BCUT2D eigenvalue weighted by atomic mass is 35.5. The van der Waals surface area contributed by atoms with Gasteiger partial charge in [0.25, 0.3) is 0 Å². The first kappa shape index (κ1) is 19.9. The van der Waals surface area contributed by atoms with Gasteiger partial charge in [0, 0.05) is 11.1 Å². The molecule has 0 saturated heterocycles. The summed E-state index contributed by atoms with van der Waals surface area (Å²) in [4.78, 5) is 23.8. The summed E-state index contributed by atoms with van der Waals surface area (Å²) in [6.07, 6.45) is 10.1. The smallest absolute Gasteiger partial charge is 0.337 e. The quantitative estimate of drug-likeness (QED) is 0.614. The highest BCUT2D eigenvalue weighted by molar-refractivity contribution is 6.31. The van der Waals surface area contributed by atoms with Crippen LogP contribution in [0.3, 0.4) is 0 Å². The standard InChI is InChI=1S/C23H22ClNO3/c1-15-12-19(24)14-20(23(27)28)22(15)25-21(26)11-10-16-6-5-9-18(13-16)17-7-3-2-4-8-17/h5-7,9-14H,2-4,8H2,1H3,(H,25,26)(H,27,28)/b11-10+. The number of halogens is 1. The van der Waals surface area contributed by atoms with E-state index in [9.17, 15) is 14.7 Å². The van der Waals surface area contributed by atoms with Gasteiger partial charge in [-0.3, -0.25) is 4.79 Å². The number of benzene rings is 2. The van der Waals surface area contributed by atoms with Gasteiger partial charge in [-0.1, -0.05) is 35.9 Å². The number of carboxylic acid groups (broad SMARTS) is 1. The van der Waals surface area contributed by atoms with Crippen LogP contribution in [0.15, 0.2) is 48.6 Å². The largest absolute Gasteiger partial charge is 0.478 e. The number of carbonyl (C=O) groups excluding carboxylic acids is 1. The second kappa shape index (κ2) is 8.89. The number of carboxylic acids is 1. The van der Waals surface area contributed by atoms with Crippen LogP contribution in [0, 0.1) is 6.92 Å². The highest BCUT2D eigenvalue weighted by Crippen LogP contribution is 2.28. The average Bonchev–Trinajstić information content (AvgIpc) is 2.69. The van der Waals surface area contributed by atoms with Crippen molar-refractivity contribution >= 4 is 40.8 Å². The maximum Gasteiger partial charge on any atom is 0.337 e. The second-order valence-electron chi connectivity index (χ2n) is 6.87. The minimum Gasteiger partial charge on any atom is -0.478 e. The van der Waals surface area contributed by atoms with Gasteiger partial charge >= 0.3 is 5.97 Å². The van der Waals surface area contributed by atoms with Crippen LogP contribution in [-0.2, 0) is 4.79 Å². The van der Waals surface area contributed by atoms with Crippen LogP contribution in [0.1, 0.15) is 52.7 Å². The molecule has 0 bridgehead atoms. The third-order valence-corrected chi connectivity index (χ3v) is 4.97. The molecule has 5 heteroatoms. The fourth-order valence-electron chi connectivity index (χ4n) is 3.36. The van der Waals surface area contributed by atoms with Gasteiger partial charge in [0.2, 0.25) is 5.91 Å². The van der Waals surface area contributed by atoms with E-state index in [1.807, 2.05) is 12.1 Å². The highest BCUT2D eigenvalue weighted by Gasteiger charge is 2.15. The molecule has 3 rings (SSSR count). The van der Waals surface area contributed by atoms with E-state index >= 15 is 0 Å². The SMILES string of the molecule is Cc1cc(Cl)cc(C(=O)O)c1NC(=O)/C=C/c1cccc(C2=CCCCC2)c1. The van der Waals surface area contributed by atoms with Crippen LogP contribution in [0.25, 0.3) is 11.6 Å². The lowest BCUT2D eigenvalue weighted by Gasteiger charge is -2.13. The number of allylic oxidation sites excluding steroid dienone is 2. The first-order valence-electron chi connectivity index (χ1n) is 9.26. The van der Waals surface area contributed by atoms with Crippen molar-refractivity contribution in [3.8, 4) is 0 Å². The Morgan fingerprint density at radius 3 is 2.71 bits per heavy atom. The van der Waals surface area contributed by atoms with Gasteiger partial charge < -0.3 is 10.4 Å². The van der Waals surface area contributed by atoms with Crippen LogP contribution in [-0.4, -0.2) is 17.0 Å². The van der Waals surface area contributed by atoms with Gasteiger partial charge in [-0.25, -0.2) is 4.79 Å². The maximum absolute atomic E-state index is 12.3. The molecule has 0 atom stereocenters. The van der Waals surface area contributed by atoms with Gasteiger partial charge in [0.05, 0.1) is 11.3 Å². The molecule has 2 aromatic rings. The van der Waals surface area contributed by atoms with E-state index in [-0.39, 0.29) is 11.3 Å². The molecule has 0 aromatic heterocycles. The van der Waals surface area contributed by atoms with Crippen molar-refractivity contribution in [1.82, 2.24) is 0 Å². The van der Waals surface area contributed by atoms with Crippen molar-refractivity contribution in [1.29, 1.82) is 0 Å². The summed E-state index contributed by atoms with van der Waals surface area (Å²) in [7, 11) is 0. The summed E-state index contributed by atoms with van der Waals surface area (Å²) in [5, 5.41) is 12.3. The summed E-state index contributed by atoms with van der Waals surface area (Å²) < 4.78 is 0. The fourth-order valence-corrected chi connectivity index (χ4v) is 3.63. The molecule has 0 aliphatic heterocycles. The summed E-state index contributed by atoms with van der Waals surface area (Å²) in [6.45, 7) is 1.71. The molecular weight excluding hydrogens is 374 g/mol. The Kier molecular flexibility index (Phi) is 6.32. The minimum absolute atomic E-state index is 0.0296. The number of aromatic carboxylic acids is 1. The number of hydrogen-bond donors (Lipinski definition) is 2. The van der Waals surface area contributed by atoms with Gasteiger partial charge in [0.15, 0.2) is 0 Å². The van der Waals surface area contributed by atoms with Crippen molar-refractivity contribution in [3.05, 3.63) is 75.8 Å². The van der Waals surface area contributed by atoms with Crippen molar-refractivity contribution in [3.63, 3.8) is 0 Å². The minimum atomic E-state index is -1.14. The maximum atomic E-state index is 12.3. The van der Waals surface area contributed by atoms with Crippen molar-refractivity contribution in [2.75, 3.05) is 5.32 Å². The third-order valence-electron chi connectivity index (χ3n) is 4.75. The van der Waals surface area contributed by atoms with E-state index in [4.69, 9.17) is 11.6 Å². The zero-order chi connectivity index (χ0) is 20.1. The number of hydrogen-bond acceptors (Lipinski definition) is 2. The number of nitrogens with one attached hydrogen (secondary N) is 1. The van der Waals surface area contributed by atoms with Crippen LogP contribution >= 0.6 is 11.6 Å². The number of rotatable bonds is 5. The number of anilines is 1. The number of aryl methyl sites for hydroxylation is 1. The van der Waals surface area contributed by atoms with Crippen LogP contribution in [0.4, 0.5) is 5.69 Å². The summed E-state index contributed by atoms with van der Waals surface area (Å²) in [5.74, 6) is -1.53. The zero-order valence-electron chi connectivity index (χ0n) is 15.7. The summed E-state index contributed by atoms with van der Waals surface area (Å²) >= 11 is 5.93. The first-order valence-corrected chi connectivity index (χ1v) is 9.64. The fraction of sp³-hybridized carbons (Fsp3) is 0.217. The molecule has 0 radical (unpaired) electrons. The van der Waals surface area contributed by atoms with Gasteiger partial charge in [-0.05, 0) is 79.1 Å². The topological polar surface area (TPSA) is 66.4 Å². The number of amides is 1. The number of carbonyl (C=O) groups is 2. The molecular formula is C23H22ClNO3. The van der Waals surface area contributed by atoms with E-state index in [1.54, 1.807) is 19.1 Å². The van der Waals surface area contributed by atoms with E-state index in [1.165, 1.54) is 36.1 Å². The Morgan fingerprint density at radius 2 is 2.00 bits per heavy atom. The molecule has 4 nitrogen and oxygen atoms in total. The Balaban J connectivity index is 1.76. The normalized spacial score (nSPS) is 14.0. The van der Waals surface area contributed by atoms with E-state index < -0.39 is 11.9 Å². The van der Waals surface area contributed by atoms with Crippen LogP contribution in [0.2, 0.25) is 5.02 Å². The molecule has 1 aliphatic rings. The Bertz CT molecular complexity index is 976. The Labute approximate surface area is 169 Å². The molecule has 0 saturated carbocycles. The van der Waals surface area contributed by atoms with E-state index in [0.717, 1.165) is 18.4 Å². The molecule has 0 heterocycles. The molecule has 2 aromatic carbocycles. The molecule has 1 amide bonds. The zero-order valence-corrected chi connectivity index (χ0v) is 16.4. The molecule has 1 aliphatic carbocycles.